The van der Waals surface area contributed by atoms with Gasteiger partial charge in [0.25, 0.3) is 0 Å². The average Bonchev–Trinajstić information content (AvgIpc) is 3.29. The van der Waals surface area contributed by atoms with Crippen molar-refractivity contribution >= 4 is 40.5 Å². The predicted octanol–water partition coefficient (Wildman–Crippen LogP) is 8.37. The number of hydrogen-bond donors (Lipinski definition) is 0. The van der Waals surface area contributed by atoms with E-state index in [1.54, 1.807) is 0 Å². The van der Waals surface area contributed by atoms with Crippen LogP contribution >= 0.6 is 11.8 Å². The monoisotopic (exact) mass is 574 g/mol. The number of hydrogen-bond acceptors (Lipinski definition) is 3. The quantitative estimate of drug-likeness (QED) is 0.162. The summed E-state index contributed by atoms with van der Waals surface area (Å²) in [4.78, 5) is 5.97. The third-order valence-corrected chi connectivity index (χ3v) is 8.73. The van der Waals surface area contributed by atoms with Crippen LogP contribution in [0.2, 0.25) is 0 Å². The number of nitrogens with zero attached hydrogens (tertiary/aromatic N) is 4. The molecule has 3 heterocycles. The molecule has 0 amide bonds. The Bertz CT molecular complexity index is 1630. The second kappa shape index (κ2) is 12.4. The summed E-state index contributed by atoms with van der Waals surface area (Å²) in [5.74, 6) is 0. The smallest absolute Gasteiger partial charge is 0.169 e. The first-order chi connectivity index (χ1) is 19.9. The normalized spacial score (nSPS) is 16.2. The van der Waals surface area contributed by atoms with E-state index in [9.17, 15) is 0 Å². The van der Waals surface area contributed by atoms with Crippen LogP contribution in [0.5, 0.6) is 0 Å². The number of quaternary nitrogens is 1. The predicted molar refractivity (Wildman–Crippen MR) is 181 cm³/mol. The van der Waals surface area contributed by atoms with Crippen molar-refractivity contribution in [3.8, 4) is 0 Å². The summed E-state index contributed by atoms with van der Waals surface area (Å²) < 4.78 is 3.28. The number of anilines is 3. The van der Waals surface area contributed by atoms with Crippen molar-refractivity contribution in [2.24, 2.45) is 0 Å². The molecule has 5 heteroatoms. The topological polar surface area (TPSA) is 10.4 Å². The van der Waals surface area contributed by atoms with Crippen LogP contribution in [0.1, 0.15) is 25.0 Å². The lowest BCUT2D eigenvalue weighted by Gasteiger charge is -2.33. The Morgan fingerprint density at radius 3 is 2.17 bits per heavy atom. The molecule has 4 nitrogen and oxygen atoms in total. The molecule has 0 saturated heterocycles. The molecule has 0 aliphatic carbocycles. The van der Waals surface area contributed by atoms with Crippen LogP contribution in [-0.4, -0.2) is 39.2 Å². The van der Waals surface area contributed by atoms with E-state index < -0.39 is 0 Å². The molecule has 4 aromatic rings. The number of thioether (sulfide) groups is 1. The van der Waals surface area contributed by atoms with E-state index in [1.807, 2.05) is 11.8 Å². The molecule has 0 radical (unpaired) electrons. The van der Waals surface area contributed by atoms with Crippen LogP contribution in [0, 0.1) is 0 Å². The van der Waals surface area contributed by atoms with Gasteiger partial charge in [-0.05, 0) is 59.7 Å². The van der Waals surface area contributed by atoms with Crippen molar-refractivity contribution < 1.29 is 9.05 Å². The van der Waals surface area contributed by atoms with Gasteiger partial charge >= 0.3 is 0 Å². The molecular formula is C37H42N4S+2. The molecule has 0 saturated carbocycles. The molecule has 3 aromatic carbocycles. The second-order valence-corrected chi connectivity index (χ2v) is 12.8. The van der Waals surface area contributed by atoms with E-state index in [4.69, 9.17) is 0 Å². The number of allylic oxidation sites excluding steroid dienone is 3. The first-order valence-corrected chi connectivity index (χ1v) is 15.1. The lowest BCUT2D eigenvalue weighted by atomic mass is 9.95. The molecule has 214 valence electrons. The Balaban J connectivity index is 0.00000353. The minimum Gasteiger partial charge on any atom is -0.338 e. The molecule has 6 rings (SSSR count). The molecule has 0 unspecified atom stereocenters. The highest BCUT2D eigenvalue weighted by Gasteiger charge is 2.26. The summed E-state index contributed by atoms with van der Waals surface area (Å²) in [6.07, 6.45) is 12.6. The lowest BCUT2D eigenvalue weighted by molar-refractivity contribution is -0.873. The van der Waals surface area contributed by atoms with Gasteiger partial charge in [-0.25, -0.2) is 4.57 Å². The van der Waals surface area contributed by atoms with Gasteiger partial charge in [0.1, 0.15) is 0 Å². The summed E-state index contributed by atoms with van der Waals surface area (Å²) in [7, 11) is 8.91. The average molecular weight is 575 g/mol. The maximum Gasteiger partial charge on any atom is 0.169 e. The highest BCUT2D eigenvalue weighted by atomic mass is 32.2. The molecule has 0 fully saturated rings. The largest absolute Gasteiger partial charge is 0.338 e. The van der Waals surface area contributed by atoms with Crippen LogP contribution in [0.25, 0.3) is 11.6 Å². The number of pyridine rings is 1. The van der Waals surface area contributed by atoms with Gasteiger partial charge in [0.2, 0.25) is 0 Å². The number of fused-ring (bicyclic) bond motifs is 2. The van der Waals surface area contributed by atoms with E-state index in [0.29, 0.717) is 0 Å². The van der Waals surface area contributed by atoms with Crippen molar-refractivity contribution in [2.75, 3.05) is 44.5 Å². The summed E-state index contributed by atoms with van der Waals surface area (Å²) in [5.41, 5.74) is 8.38. The van der Waals surface area contributed by atoms with Crippen LogP contribution in [0.3, 0.4) is 0 Å². The zero-order valence-corrected chi connectivity index (χ0v) is 25.2. The Labute approximate surface area is 256 Å². The third-order valence-electron chi connectivity index (χ3n) is 7.56. The highest BCUT2D eigenvalue weighted by molar-refractivity contribution is 8.03. The van der Waals surface area contributed by atoms with E-state index in [2.05, 4.69) is 164 Å². The lowest BCUT2D eigenvalue weighted by Crippen LogP contribution is -2.39. The van der Waals surface area contributed by atoms with Crippen LogP contribution < -0.4 is 14.4 Å². The molecular weight excluding hydrogens is 533 g/mol. The molecule has 0 atom stereocenters. The van der Waals surface area contributed by atoms with Crippen molar-refractivity contribution in [1.29, 1.82) is 0 Å². The second-order valence-electron chi connectivity index (χ2n) is 11.7. The summed E-state index contributed by atoms with van der Waals surface area (Å²) >= 11 is 1.83. The van der Waals surface area contributed by atoms with Crippen molar-refractivity contribution in [1.82, 2.24) is 0 Å². The highest BCUT2D eigenvalue weighted by Crippen LogP contribution is 2.48. The number of para-hydroxylation sites is 3. The number of benzene rings is 3. The van der Waals surface area contributed by atoms with E-state index in [-0.39, 0.29) is 7.43 Å². The maximum atomic E-state index is 2.37. The van der Waals surface area contributed by atoms with Crippen LogP contribution in [-0.2, 0) is 6.54 Å². The first-order valence-electron chi connectivity index (χ1n) is 14.3. The van der Waals surface area contributed by atoms with Crippen molar-refractivity contribution in [3.05, 3.63) is 137 Å². The zero-order chi connectivity index (χ0) is 28.4. The maximum absolute atomic E-state index is 2.37. The minimum atomic E-state index is 0. The molecule has 0 bridgehead atoms. The van der Waals surface area contributed by atoms with Crippen molar-refractivity contribution in [3.63, 3.8) is 0 Å². The standard InChI is InChI=1S/C36H38N4S.CH4/c1-37-34-17-10-11-18-35(34)41-36(37)27-29-26-31(25-28-19-22-38(23-20-28)21-12-24-40(2,3)4)39(30-13-6-5-7-14-30)33-16-9-8-15-32(29)33;/h5-11,13-20,22-23,25-27H,12,21,24H2,1-4H3;1H4/q+2;. The fraction of sp³-hybridized carbons (Fsp3) is 0.216. The molecule has 1 aromatic heterocycles. The van der Waals surface area contributed by atoms with E-state index in [0.717, 1.165) is 35.4 Å². The van der Waals surface area contributed by atoms with Gasteiger partial charge in [-0.2, -0.15) is 0 Å². The van der Waals surface area contributed by atoms with Gasteiger partial charge in [0, 0.05) is 41.0 Å². The summed E-state index contributed by atoms with van der Waals surface area (Å²) in [6.45, 7) is 2.19. The third kappa shape index (κ3) is 6.38. The molecule has 42 heavy (non-hydrogen) atoms. The fourth-order valence-electron chi connectivity index (χ4n) is 5.44. The molecule has 2 aliphatic rings. The van der Waals surface area contributed by atoms with Crippen molar-refractivity contribution in [2.45, 2.75) is 25.3 Å². The van der Waals surface area contributed by atoms with Gasteiger partial charge in [-0.15, -0.1) is 0 Å². The first kappa shape index (κ1) is 29.4. The number of aromatic nitrogens is 1. The Hall–Kier alpha value is -4.06. The number of aryl methyl sites for hydroxylation is 1. The van der Waals surface area contributed by atoms with Gasteiger partial charge in [-0.3, -0.25) is 0 Å². The van der Waals surface area contributed by atoms with Gasteiger partial charge < -0.3 is 14.3 Å². The molecule has 0 N–H and O–H groups in total. The Morgan fingerprint density at radius 2 is 1.45 bits per heavy atom. The zero-order valence-electron chi connectivity index (χ0n) is 24.4. The molecule has 0 spiro atoms. The van der Waals surface area contributed by atoms with Crippen LogP contribution in [0.4, 0.5) is 17.1 Å². The summed E-state index contributed by atoms with van der Waals surface area (Å²) in [6, 6.07) is 32.5. The number of rotatable bonds is 7. The Morgan fingerprint density at radius 1 is 0.786 bits per heavy atom. The van der Waals surface area contributed by atoms with E-state index >= 15 is 0 Å². The summed E-state index contributed by atoms with van der Waals surface area (Å²) in [5, 5.41) is 1.23. The van der Waals surface area contributed by atoms with E-state index in [1.165, 1.54) is 38.0 Å². The SMILES string of the molecule is C.CN1C(=CC2=CC(=Cc3cc[n+](CCC[N+](C)(C)C)cc3)N(c3ccccc3)c3ccccc32)Sc2ccccc21. The fourth-order valence-corrected chi connectivity index (χ4v) is 6.54. The molecule has 2 aliphatic heterocycles. The van der Waals surface area contributed by atoms with Gasteiger partial charge in [-0.1, -0.05) is 67.7 Å². The van der Waals surface area contributed by atoms with Gasteiger partial charge in [0.05, 0.1) is 50.5 Å². The van der Waals surface area contributed by atoms with Crippen LogP contribution in [0.15, 0.2) is 131 Å². The van der Waals surface area contributed by atoms with Gasteiger partial charge in [0.15, 0.2) is 18.9 Å². The Kier molecular flexibility index (Phi) is 8.72. The minimum absolute atomic E-state index is 0.